The van der Waals surface area contributed by atoms with Gasteiger partial charge in [0.2, 0.25) is 11.8 Å². The quantitative estimate of drug-likeness (QED) is 0.138. The van der Waals surface area contributed by atoms with E-state index < -0.39 is 47.9 Å². The molecule has 0 bridgehead atoms. The average Bonchev–Trinajstić information content (AvgIpc) is 3.73. The molecule has 4 aromatic carbocycles. The number of nitrogens with zero attached hydrogens (tertiary/aromatic N) is 2. The first kappa shape index (κ1) is 35.9. The second kappa shape index (κ2) is 16.9. The zero-order valence-electron chi connectivity index (χ0n) is 29.3. The van der Waals surface area contributed by atoms with Gasteiger partial charge in [-0.15, -0.1) is 0 Å². The van der Waals surface area contributed by atoms with Gasteiger partial charge in [-0.3, -0.25) is 9.59 Å². The molecular weight excluding hydrogens is 660 g/mol. The van der Waals surface area contributed by atoms with Crippen molar-refractivity contribution in [2.45, 2.75) is 37.8 Å². The zero-order valence-corrected chi connectivity index (χ0v) is 29.3. The molecule has 0 radical (unpaired) electrons. The molecule has 2 aliphatic heterocycles. The van der Waals surface area contributed by atoms with Gasteiger partial charge >= 0.3 is 12.2 Å². The van der Waals surface area contributed by atoms with Crippen LogP contribution in [0.25, 0.3) is 0 Å². The molecule has 4 aromatic rings. The molecule has 52 heavy (non-hydrogen) atoms. The Labute approximate surface area is 303 Å². The Hall–Kier alpha value is -5.90. The predicted molar refractivity (Wildman–Crippen MR) is 194 cm³/mol. The zero-order chi connectivity index (χ0) is 36.5. The van der Waals surface area contributed by atoms with Gasteiger partial charge in [-0.1, -0.05) is 97.1 Å². The van der Waals surface area contributed by atoms with Gasteiger partial charge in [0.05, 0.1) is 38.1 Å². The summed E-state index contributed by atoms with van der Waals surface area (Å²) in [5.41, 5.74) is 3.61. The van der Waals surface area contributed by atoms with Crippen LogP contribution in [0, 0.1) is 11.8 Å². The Morgan fingerprint density at radius 3 is 1.31 bits per heavy atom. The molecule has 0 aliphatic carbocycles. The number of methoxy groups -OCH3 is 2. The van der Waals surface area contributed by atoms with Crippen molar-refractivity contribution in [3.63, 3.8) is 0 Å². The number of hydrogen-bond acceptors (Lipinski definition) is 8. The van der Waals surface area contributed by atoms with Gasteiger partial charge < -0.3 is 18.9 Å². The molecule has 6 rings (SSSR count). The largest absolute Gasteiger partial charge is 0.497 e. The number of hydrogen-bond donors (Lipinski definition) is 0. The summed E-state index contributed by atoms with van der Waals surface area (Å²) < 4.78 is 21.5. The van der Waals surface area contributed by atoms with Crippen molar-refractivity contribution in [2.75, 3.05) is 27.4 Å². The second-order valence-corrected chi connectivity index (χ2v) is 13.0. The van der Waals surface area contributed by atoms with Gasteiger partial charge in [-0.05, 0) is 72.2 Å². The van der Waals surface area contributed by atoms with E-state index in [0.717, 1.165) is 22.3 Å². The summed E-state index contributed by atoms with van der Waals surface area (Å²) in [4.78, 5) is 57.5. The predicted octanol–water partition coefficient (Wildman–Crippen LogP) is 6.46. The van der Waals surface area contributed by atoms with E-state index in [1.807, 2.05) is 109 Å². The number of ether oxygens (including phenoxy) is 4. The van der Waals surface area contributed by atoms with Crippen molar-refractivity contribution in [1.29, 1.82) is 0 Å². The Morgan fingerprint density at radius 1 is 0.596 bits per heavy atom. The monoisotopic (exact) mass is 702 g/mol. The lowest BCUT2D eigenvalue weighted by Gasteiger charge is -2.25. The Morgan fingerprint density at radius 2 is 0.962 bits per heavy atom. The highest BCUT2D eigenvalue weighted by Gasteiger charge is 2.42. The average molecular weight is 703 g/mol. The first-order valence-corrected chi connectivity index (χ1v) is 17.3. The maximum Gasteiger partial charge on any atom is 0.417 e. The van der Waals surface area contributed by atoms with Crippen LogP contribution in [0.1, 0.15) is 22.3 Å². The van der Waals surface area contributed by atoms with Gasteiger partial charge in [-0.2, -0.15) is 0 Å². The number of carbonyl (C=O) groups excluding carboxylic acids is 4. The topological polar surface area (TPSA) is 112 Å². The van der Waals surface area contributed by atoms with Crippen LogP contribution in [0.2, 0.25) is 0 Å². The van der Waals surface area contributed by atoms with Crippen LogP contribution < -0.4 is 9.47 Å². The van der Waals surface area contributed by atoms with Crippen molar-refractivity contribution in [3.05, 3.63) is 144 Å². The fraction of sp³-hybridized carbons (Fsp3) is 0.286. The molecule has 4 amide bonds. The fourth-order valence-electron chi connectivity index (χ4n) is 6.67. The molecule has 0 spiro atoms. The van der Waals surface area contributed by atoms with Gasteiger partial charge in [0.1, 0.15) is 24.7 Å². The minimum Gasteiger partial charge on any atom is -0.497 e. The third-order valence-corrected chi connectivity index (χ3v) is 9.46. The normalized spacial score (nSPS) is 18.2. The van der Waals surface area contributed by atoms with Crippen molar-refractivity contribution in [2.24, 2.45) is 11.8 Å². The van der Waals surface area contributed by atoms with E-state index in [2.05, 4.69) is 0 Å². The molecule has 10 heteroatoms. The number of benzene rings is 4. The molecule has 10 nitrogen and oxygen atoms in total. The van der Waals surface area contributed by atoms with Crippen LogP contribution >= 0.6 is 0 Å². The highest BCUT2D eigenvalue weighted by atomic mass is 16.6. The molecule has 2 fully saturated rings. The minimum absolute atomic E-state index is 0.0803. The van der Waals surface area contributed by atoms with Gasteiger partial charge in [-0.25, -0.2) is 19.4 Å². The first-order chi connectivity index (χ1) is 25.3. The van der Waals surface area contributed by atoms with E-state index >= 15 is 0 Å². The van der Waals surface area contributed by atoms with Crippen molar-refractivity contribution in [1.82, 2.24) is 9.80 Å². The van der Waals surface area contributed by atoms with Gasteiger partial charge in [0.15, 0.2) is 0 Å². The van der Waals surface area contributed by atoms with E-state index in [1.165, 1.54) is 9.80 Å². The standard InChI is InChI=1S/C42H42N2O8/c1-49-37-19-13-31(14-20-37)23-33(39(45)43-35(27-51-41(43)47)25-29-9-5-3-6-10-29)17-18-34(24-32-15-21-38(50-2)22-16-32)40(46)44-36(28-52-42(44)48)26-30-11-7-4-8-12-30/h3-22,33-36H,23-28H2,1-2H3/t33-,34-,35?,36?/m1/s1. The smallest absolute Gasteiger partial charge is 0.417 e. The fourth-order valence-corrected chi connectivity index (χ4v) is 6.67. The highest BCUT2D eigenvalue weighted by Crippen LogP contribution is 2.27. The van der Waals surface area contributed by atoms with Crippen LogP contribution in [0.4, 0.5) is 9.59 Å². The molecule has 2 saturated heterocycles. The van der Waals surface area contributed by atoms with Crippen LogP contribution in [0.5, 0.6) is 11.5 Å². The molecule has 0 N–H and O–H groups in total. The van der Waals surface area contributed by atoms with Crippen molar-refractivity contribution in [3.8, 4) is 11.5 Å². The molecule has 2 aliphatic rings. The van der Waals surface area contributed by atoms with Crippen LogP contribution in [0.3, 0.4) is 0 Å². The van der Waals surface area contributed by atoms with Gasteiger partial charge in [0.25, 0.3) is 0 Å². The van der Waals surface area contributed by atoms with Crippen molar-refractivity contribution >= 4 is 24.0 Å². The summed E-state index contributed by atoms with van der Waals surface area (Å²) in [6.45, 7) is 0.161. The Kier molecular flexibility index (Phi) is 11.7. The van der Waals surface area contributed by atoms with Crippen LogP contribution in [-0.2, 0) is 44.7 Å². The Bertz CT molecular complexity index is 1720. The summed E-state index contributed by atoms with van der Waals surface area (Å²) >= 11 is 0. The molecule has 2 heterocycles. The lowest BCUT2D eigenvalue weighted by Crippen LogP contribution is -2.44. The number of rotatable bonds is 14. The molecule has 0 aromatic heterocycles. The third kappa shape index (κ3) is 8.69. The molecular formula is C42H42N2O8. The van der Waals surface area contributed by atoms with E-state index in [4.69, 9.17) is 18.9 Å². The second-order valence-electron chi connectivity index (χ2n) is 13.0. The number of cyclic esters (lactones) is 2. The lowest BCUT2D eigenvalue weighted by atomic mass is 9.91. The minimum atomic E-state index is -0.839. The van der Waals surface area contributed by atoms with Crippen LogP contribution in [0.15, 0.2) is 121 Å². The Balaban J connectivity index is 1.32. The van der Waals surface area contributed by atoms with E-state index in [-0.39, 0.29) is 26.1 Å². The summed E-state index contributed by atoms with van der Waals surface area (Å²) in [7, 11) is 3.16. The van der Waals surface area contributed by atoms with E-state index in [1.54, 1.807) is 26.4 Å². The maximum atomic E-state index is 14.4. The summed E-state index contributed by atoms with van der Waals surface area (Å²) in [5, 5.41) is 0. The summed E-state index contributed by atoms with van der Waals surface area (Å²) in [6, 6.07) is 33.0. The maximum absolute atomic E-state index is 14.4. The van der Waals surface area contributed by atoms with Crippen molar-refractivity contribution < 1.29 is 38.1 Å². The van der Waals surface area contributed by atoms with Gasteiger partial charge in [0, 0.05) is 0 Å². The van der Waals surface area contributed by atoms with E-state index in [9.17, 15) is 19.2 Å². The molecule has 4 atom stereocenters. The first-order valence-electron chi connectivity index (χ1n) is 17.3. The van der Waals surface area contributed by atoms with Crippen LogP contribution in [-0.4, -0.2) is 73.3 Å². The summed E-state index contributed by atoms with van der Waals surface area (Å²) in [6.07, 6.45) is 3.35. The summed E-state index contributed by atoms with van der Waals surface area (Å²) in [5.74, 6) is -1.22. The third-order valence-electron chi connectivity index (χ3n) is 9.46. The molecule has 268 valence electrons. The SMILES string of the molecule is COc1ccc(C[C@@H](C=C[C@H](Cc2ccc(OC)cc2)C(=O)N2C(=O)OCC2Cc2ccccc2)C(=O)N2C(=O)OCC2Cc2ccccc2)cc1. The molecule has 2 unspecified atom stereocenters. The number of amides is 4. The number of imide groups is 2. The number of carbonyl (C=O) groups is 4. The lowest BCUT2D eigenvalue weighted by molar-refractivity contribution is -0.133. The molecule has 0 saturated carbocycles. The van der Waals surface area contributed by atoms with E-state index in [0.29, 0.717) is 24.3 Å². The highest BCUT2D eigenvalue weighted by molar-refractivity contribution is 5.97.